The van der Waals surface area contributed by atoms with E-state index in [1.54, 1.807) is 6.07 Å². The van der Waals surface area contributed by atoms with Crippen LogP contribution in [-0.2, 0) is 12.6 Å². The first-order chi connectivity index (χ1) is 12.3. The zero-order valence-electron chi connectivity index (χ0n) is 13.8. The monoisotopic (exact) mass is 384 g/mol. The van der Waals surface area contributed by atoms with Crippen molar-refractivity contribution in [1.82, 2.24) is 4.98 Å². The molecule has 0 saturated carbocycles. The second-order valence-corrected chi connectivity index (χ2v) is 6.45. The topological polar surface area (TPSA) is 41.8 Å². The first-order valence-corrected chi connectivity index (χ1v) is 8.57. The Kier molecular flexibility index (Phi) is 5.25. The second kappa shape index (κ2) is 7.29. The van der Waals surface area contributed by atoms with E-state index in [0.29, 0.717) is 37.1 Å². The van der Waals surface area contributed by atoms with Crippen molar-refractivity contribution in [3.63, 3.8) is 0 Å². The van der Waals surface area contributed by atoms with Crippen LogP contribution in [0.2, 0.25) is 5.02 Å². The van der Waals surface area contributed by atoms with Crippen LogP contribution in [0, 0.1) is 5.82 Å². The summed E-state index contributed by atoms with van der Waals surface area (Å²) in [7, 11) is 0. The van der Waals surface area contributed by atoms with Crippen molar-refractivity contribution in [2.24, 2.45) is 5.73 Å². The number of unbranched alkanes of at least 4 members (excludes halogenated alkanes) is 1. The number of halogens is 5. The summed E-state index contributed by atoms with van der Waals surface area (Å²) in [6.07, 6.45) is -2.73. The molecule has 138 valence electrons. The summed E-state index contributed by atoms with van der Waals surface area (Å²) in [6, 6.07) is 8.15. The van der Waals surface area contributed by atoms with Gasteiger partial charge in [0.15, 0.2) is 0 Å². The van der Waals surface area contributed by atoms with Crippen LogP contribution in [0.25, 0.3) is 22.2 Å². The van der Waals surface area contributed by atoms with Crippen molar-refractivity contribution in [3.05, 3.63) is 58.4 Å². The number of alkyl halides is 3. The van der Waals surface area contributed by atoms with E-state index in [1.165, 1.54) is 24.3 Å². The third-order valence-electron chi connectivity index (χ3n) is 4.34. The fraction of sp³-hybridized carbons (Fsp3) is 0.263. The van der Waals surface area contributed by atoms with Crippen LogP contribution in [-0.4, -0.2) is 11.5 Å². The molecule has 3 rings (SSSR count). The molecule has 0 radical (unpaired) electrons. The number of benzene rings is 2. The molecule has 0 spiro atoms. The Labute approximate surface area is 153 Å². The number of hydrogen-bond donors (Lipinski definition) is 2. The molecule has 2 aromatic carbocycles. The maximum atomic E-state index is 14.3. The molecule has 0 unspecified atom stereocenters. The molecule has 7 heteroatoms. The highest BCUT2D eigenvalue weighted by molar-refractivity contribution is 6.36. The molecule has 3 aromatic rings. The van der Waals surface area contributed by atoms with Crippen LogP contribution in [0.1, 0.15) is 24.0 Å². The third kappa shape index (κ3) is 3.44. The van der Waals surface area contributed by atoms with Crippen molar-refractivity contribution in [3.8, 4) is 11.3 Å². The molecule has 1 heterocycles. The van der Waals surface area contributed by atoms with Gasteiger partial charge in [-0.1, -0.05) is 23.7 Å². The van der Waals surface area contributed by atoms with E-state index < -0.39 is 17.6 Å². The van der Waals surface area contributed by atoms with Gasteiger partial charge in [0.25, 0.3) is 0 Å². The minimum absolute atomic E-state index is 0.119. The number of hydrogen-bond acceptors (Lipinski definition) is 1. The lowest BCUT2D eigenvalue weighted by Gasteiger charge is -2.09. The van der Waals surface area contributed by atoms with Crippen molar-refractivity contribution < 1.29 is 17.6 Å². The van der Waals surface area contributed by atoms with Gasteiger partial charge in [0.2, 0.25) is 0 Å². The molecule has 1 aromatic heterocycles. The number of aromatic nitrogens is 1. The average molecular weight is 385 g/mol. The number of H-pyrrole nitrogens is 1. The highest BCUT2D eigenvalue weighted by Crippen LogP contribution is 2.42. The fourth-order valence-electron chi connectivity index (χ4n) is 3.15. The number of nitrogens with one attached hydrogen (secondary N) is 1. The molecule has 2 nitrogen and oxygen atoms in total. The smallest absolute Gasteiger partial charge is 0.354 e. The molecule has 3 N–H and O–H groups in total. The first kappa shape index (κ1) is 18.7. The molecule has 0 atom stereocenters. The van der Waals surface area contributed by atoms with Gasteiger partial charge in [-0.15, -0.1) is 0 Å². The van der Waals surface area contributed by atoms with E-state index in [4.69, 9.17) is 17.3 Å². The number of fused-ring (bicyclic) bond motifs is 1. The molecule has 0 aliphatic carbocycles. The summed E-state index contributed by atoms with van der Waals surface area (Å²) in [5.74, 6) is -0.510. The van der Waals surface area contributed by atoms with Crippen LogP contribution in [0.15, 0.2) is 36.4 Å². The van der Waals surface area contributed by atoms with Gasteiger partial charge in [-0.2, -0.15) is 13.2 Å². The Morgan fingerprint density at radius 1 is 1.04 bits per heavy atom. The van der Waals surface area contributed by atoms with Gasteiger partial charge in [0.1, 0.15) is 5.82 Å². The van der Waals surface area contributed by atoms with Crippen molar-refractivity contribution in [2.75, 3.05) is 6.54 Å². The number of nitrogens with two attached hydrogens (primary N) is 1. The molecule has 0 amide bonds. The van der Waals surface area contributed by atoms with Gasteiger partial charge < -0.3 is 10.7 Å². The summed E-state index contributed by atoms with van der Waals surface area (Å²) < 4.78 is 54.6. The van der Waals surface area contributed by atoms with Crippen molar-refractivity contribution in [1.29, 1.82) is 0 Å². The highest BCUT2D eigenvalue weighted by atomic mass is 35.5. The second-order valence-electron chi connectivity index (χ2n) is 6.05. The van der Waals surface area contributed by atoms with Gasteiger partial charge in [-0.05, 0) is 55.6 Å². The van der Waals surface area contributed by atoms with Gasteiger partial charge in [0.05, 0.1) is 21.8 Å². The Morgan fingerprint density at radius 3 is 2.42 bits per heavy atom. The van der Waals surface area contributed by atoms with E-state index in [2.05, 4.69) is 4.98 Å². The number of aryl methyl sites for hydroxylation is 1. The minimum Gasteiger partial charge on any atom is -0.354 e. The lowest BCUT2D eigenvalue weighted by Crippen LogP contribution is -2.05. The van der Waals surface area contributed by atoms with Crippen molar-refractivity contribution in [2.45, 2.75) is 25.4 Å². The normalized spacial score (nSPS) is 12.1. The van der Waals surface area contributed by atoms with Crippen molar-refractivity contribution >= 4 is 22.5 Å². The zero-order valence-corrected chi connectivity index (χ0v) is 14.5. The molecule has 0 saturated heterocycles. The maximum Gasteiger partial charge on any atom is 0.418 e. The van der Waals surface area contributed by atoms with Crippen LogP contribution in [0.5, 0.6) is 0 Å². The number of aromatic amines is 1. The quantitative estimate of drug-likeness (QED) is 0.415. The molecular formula is C19H17ClF4N2. The van der Waals surface area contributed by atoms with Crippen LogP contribution < -0.4 is 5.73 Å². The molecule has 0 fully saturated rings. The third-order valence-corrected chi connectivity index (χ3v) is 4.65. The van der Waals surface area contributed by atoms with E-state index in [-0.39, 0.29) is 21.5 Å². The Hall–Kier alpha value is -2.05. The highest BCUT2D eigenvalue weighted by Gasteiger charge is 2.34. The lowest BCUT2D eigenvalue weighted by molar-refractivity contribution is -0.136. The SMILES string of the molecule is NCCCCc1c(-c2ccccc2F)[nH]c2c(C(F)(F)F)ccc(Cl)c12. The Bertz CT molecular complexity index is 931. The molecule has 0 aliphatic heterocycles. The number of rotatable bonds is 5. The van der Waals surface area contributed by atoms with Gasteiger partial charge in [-0.3, -0.25) is 0 Å². The van der Waals surface area contributed by atoms with E-state index >= 15 is 0 Å². The van der Waals surface area contributed by atoms with Crippen LogP contribution in [0.4, 0.5) is 17.6 Å². The van der Waals surface area contributed by atoms with E-state index in [9.17, 15) is 17.6 Å². The molecule has 26 heavy (non-hydrogen) atoms. The Morgan fingerprint density at radius 2 is 1.77 bits per heavy atom. The summed E-state index contributed by atoms with van der Waals surface area (Å²) in [6.45, 7) is 0.471. The van der Waals surface area contributed by atoms with Gasteiger partial charge >= 0.3 is 6.18 Å². The van der Waals surface area contributed by atoms with Gasteiger partial charge in [-0.25, -0.2) is 4.39 Å². The zero-order chi connectivity index (χ0) is 18.9. The lowest BCUT2D eigenvalue weighted by atomic mass is 9.99. The molecule has 0 aliphatic rings. The predicted molar refractivity (Wildman–Crippen MR) is 95.7 cm³/mol. The van der Waals surface area contributed by atoms with E-state index in [1.807, 2.05) is 0 Å². The van der Waals surface area contributed by atoms with Crippen LogP contribution in [0.3, 0.4) is 0 Å². The van der Waals surface area contributed by atoms with Gasteiger partial charge in [0, 0.05) is 10.9 Å². The first-order valence-electron chi connectivity index (χ1n) is 8.19. The molecular weight excluding hydrogens is 368 g/mol. The minimum atomic E-state index is -4.55. The summed E-state index contributed by atoms with van der Waals surface area (Å²) in [4.78, 5) is 2.79. The Balaban J connectivity index is 2.31. The predicted octanol–water partition coefficient (Wildman–Crippen LogP) is 5.93. The molecule has 0 bridgehead atoms. The fourth-order valence-corrected chi connectivity index (χ4v) is 3.43. The standard InChI is InChI=1S/C19H17ClF4N2/c20-14-9-8-13(19(22,23)24)18-16(14)12(6-3-4-10-25)17(26-18)11-5-1-2-7-15(11)21/h1-2,5,7-9,26H,3-4,6,10,25H2. The summed E-state index contributed by atoms with van der Waals surface area (Å²) in [5.41, 5.74) is 5.71. The summed E-state index contributed by atoms with van der Waals surface area (Å²) in [5, 5.41) is 0.492. The maximum absolute atomic E-state index is 14.3. The van der Waals surface area contributed by atoms with Crippen LogP contribution >= 0.6 is 11.6 Å². The van der Waals surface area contributed by atoms with E-state index in [0.717, 1.165) is 6.07 Å². The average Bonchev–Trinajstić information content (AvgIpc) is 2.95. The largest absolute Gasteiger partial charge is 0.418 e. The summed E-state index contributed by atoms with van der Waals surface area (Å²) >= 11 is 6.23.